The summed E-state index contributed by atoms with van der Waals surface area (Å²) in [5.41, 5.74) is 9.86. The molecule has 4 aromatic rings. The summed E-state index contributed by atoms with van der Waals surface area (Å²) in [6.45, 7) is -1.53. The largest absolute Gasteiger partial charge is 0.472 e. The molecule has 7 heterocycles. The number of anilines is 2. The number of phosphoric acid groups is 1. The Morgan fingerprint density at radius 3 is 2.43 bits per heavy atom. The summed E-state index contributed by atoms with van der Waals surface area (Å²) in [4.78, 5) is 58.3. The normalized spacial score (nSPS) is 34.0. The van der Waals surface area contributed by atoms with Crippen molar-refractivity contribution in [1.82, 2.24) is 39.0 Å². The number of aromatic nitrogens is 8. The van der Waals surface area contributed by atoms with E-state index in [-0.39, 0.29) is 34.1 Å². The van der Waals surface area contributed by atoms with Gasteiger partial charge in [0.1, 0.15) is 48.3 Å². The van der Waals surface area contributed by atoms with E-state index in [2.05, 4.69) is 29.9 Å². The molecule has 0 amide bonds. The predicted molar refractivity (Wildman–Crippen MR) is 178 cm³/mol. The van der Waals surface area contributed by atoms with Crippen LogP contribution in [0, 0.1) is 5.41 Å². The second-order valence-electron chi connectivity index (χ2n) is 13.0. The van der Waals surface area contributed by atoms with Gasteiger partial charge < -0.3 is 35.7 Å². The maximum absolute atomic E-state index is 16.3. The third-order valence-electron chi connectivity index (χ3n) is 8.28. The van der Waals surface area contributed by atoms with Gasteiger partial charge in [0.25, 0.3) is 5.56 Å². The van der Waals surface area contributed by atoms with Crippen LogP contribution in [0.1, 0.15) is 33.2 Å². The van der Waals surface area contributed by atoms with Crippen molar-refractivity contribution < 1.29 is 60.6 Å². The lowest BCUT2D eigenvalue weighted by Gasteiger charge is -2.28. The number of nitrogens with two attached hydrogens (primary N) is 2. The van der Waals surface area contributed by atoms with E-state index < -0.39 is 99.9 Å². The molecule has 4 aromatic heterocycles. The molecular formula is C26H33FN10O13P2S. The standard InChI is InChI=1S/C26H33FN10O13P2S/c1-26(2,3)24(40)44-9-53-52(43)46-5-11-16(12(27)22(48-11)36-7-32-13-18(28)30-6-31-19(13)36)49-51(41,42)45-4-10-15(38)17(50-52)23(47-10)37-8-33-14-20(37)34-25(29)35-21(14)39/h6-8,10-12,15-17,22-23,38H,4-5,9H2,1-3H3,(H,41,42)(H2,28,30,31)(H3,29,34,35,39)/t10-,11-,12?,15?,16?,17?,22-,23-,52?/m1/s1. The van der Waals surface area contributed by atoms with E-state index in [0.29, 0.717) is 11.4 Å². The number of aliphatic hydroxyl groups is 1. The number of carbonyl (C=O) groups is 1. The van der Waals surface area contributed by atoms with Crippen LogP contribution in [0.25, 0.3) is 22.3 Å². The number of nitrogens with one attached hydrogen (secondary N) is 1. The molecule has 0 saturated carbocycles. The van der Waals surface area contributed by atoms with Crippen LogP contribution in [0.4, 0.5) is 16.2 Å². The Morgan fingerprint density at radius 2 is 1.70 bits per heavy atom. The first-order valence-corrected chi connectivity index (χ1v) is 20.3. The van der Waals surface area contributed by atoms with Gasteiger partial charge in [0.05, 0.1) is 31.3 Å². The summed E-state index contributed by atoms with van der Waals surface area (Å²) < 4.78 is 85.8. The number of fused-ring (bicyclic) bond motifs is 5. The van der Waals surface area contributed by atoms with Gasteiger partial charge in [0, 0.05) is 11.4 Å². The van der Waals surface area contributed by atoms with Gasteiger partial charge in [-0.25, -0.2) is 33.5 Å². The monoisotopic (exact) mass is 806 g/mol. The summed E-state index contributed by atoms with van der Waals surface area (Å²) >= 11 is 0.399. The molecule has 3 aliphatic rings. The molecule has 2 bridgehead atoms. The fourth-order valence-corrected chi connectivity index (χ4v) is 9.41. The molecule has 6 unspecified atom stereocenters. The number of halogens is 1. The van der Waals surface area contributed by atoms with E-state index in [0.717, 1.165) is 21.8 Å². The van der Waals surface area contributed by atoms with Crippen molar-refractivity contribution >= 4 is 66.1 Å². The minimum Gasteiger partial charge on any atom is -0.454 e. The van der Waals surface area contributed by atoms with E-state index in [4.69, 9.17) is 43.8 Å². The summed E-state index contributed by atoms with van der Waals surface area (Å²) in [6, 6.07) is 0. The highest BCUT2D eigenvalue weighted by Gasteiger charge is 2.55. The first kappa shape index (κ1) is 37.7. The number of carbonyl (C=O) groups excluding carboxylic acids is 1. The summed E-state index contributed by atoms with van der Waals surface area (Å²) in [5, 5.41) is 11.4. The summed E-state index contributed by atoms with van der Waals surface area (Å²) in [7, 11) is -5.19. The molecule has 0 radical (unpaired) electrons. The molecule has 288 valence electrons. The van der Waals surface area contributed by atoms with Crippen LogP contribution in [0.15, 0.2) is 23.8 Å². The number of nitrogens with zero attached hydrogens (tertiary/aromatic N) is 7. The lowest BCUT2D eigenvalue weighted by molar-refractivity contribution is -0.150. The van der Waals surface area contributed by atoms with Crippen molar-refractivity contribution in [3.05, 3.63) is 29.3 Å². The molecule has 23 nitrogen and oxygen atoms in total. The molecule has 3 aliphatic heterocycles. The van der Waals surface area contributed by atoms with Crippen molar-refractivity contribution in [2.24, 2.45) is 5.41 Å². The minimum atomic E-state index is -5.19. The number of rotatable bonds is 5. The lowest BCUT2D eigenvalue weighted by Crippen LogP contribution is -2.35. The second kappa shape index (κ2) is 13.9. The number of ether oxygens (including phenoxy) is 3. The topological polar surface area (TPSA) is 315 Å². The zero-order chi connectivity index (χ0) is 38.0. The third-order valence-corrected chi connectivity index (χ3v) is 12.6. The third kappa shape index (κ3) is 7.31. The maximum atomic E-state index is 16.3. The summed E-state index contributed by atoms with van der Waals surface area (Å²) in [5.74, 6) is -1.54. The number of imidazole rings is 2. The van der Waals surface area contributed by atoms with Gasteiger partial charge in [0.15, 0.2) is 41.3 Å². The van der Waals surface area contributed by atoms with E-state index in [1.54, 1.807) is 20.8 Å². The van der Waals surface area contributed by atoms with E-state index in [1.165, 1.54) is 6.33 Å². The van der Waals surface area contributed by atoms with Crippen molar-refractivity contribution in [3.8, 4) is 0 Å². The van der Waals surface area contributed by atoms with Gasteiger partial charge >= 0.3 is 20.6 Å². The Bertz CT molecular complexity index is 2200. The number of hydrogen-bond acceptors (Lipinski definition) is 20. The lowest BCUT2D eigenvalue weighted by atomic mass is 9.98. The summed E-state index contributed by atoms with van der Waals surface area (Å²) in [6.07, 6.45) is -10.3. The molecule has 7 N–H and O–H groups in total. The van der Waals surface area contributed by atoms with Crippen LogP contribution in [0.5, 0.6) is 0 Å². The highest BCUT2D eigenvalue weighted by molar-refractivity contribution is 8.55. The van der Waals surface area contributed by atoms with Crippen molar-refractivity contribution in [2.75, 3.05) is 30.6 Å². The zero-order valence-electron chi connectivity index (χ0n) is 27.8. The fraction of sp³-hybridized carbons (Fsp3) is 0.577. The molecule has 0 spiro atoms. The van der Waals surface area contributed by atoms with Crippen LogP contribution in [0.3, 0.4) is 0 Å². The average Bonchev–Trinajstić information content (AvgIpc) is 3.84. The fourth-order valence-electron chi connectivity index (χ4n) is 5.68. The zero-order valence-corrected chi connectivity index (χ0v) is 30.4. The smallest absolute Gasteiger partial charge is 0.454 e. The van der Waals surface area contributed by atoms with E-state index >= 15 is 4.39 Å². The Balaban J connectivity index is 1.24. The van der Waals surface area contributed by atoms with Crippen LogP contribution in [0.2, 0.25) is 0 Å². The second-order valence-corrected chi connectivity index (χ2v) is 18.4. The van der Waals surface area contributed by atoms with Crippen LogP contribution >= 0.6 is 26.0 Å². The molecule has 3 saturated heterocycles. The first-order valence-electron chi connectivity index (χ1n) is 15.6. The van der Waals surface area contributed by atoms with Gasteiger partial charge in [-0.2, -0.15) is 4.98 Å². The quantitative estimate of drug-likeness (QED) is 0.106. The first-order chi connectivity index (χ1) is 24.9. The number of aromatic amines is 1. The van der Waals surface area contributed by atoms with Gasteiger partial charge in [-0.05, 0) is 20.8 Å². The van der Waals surface area contributed by atoms with Crippen LogP contribution in [-0.4, -0.2) is 111 Å². The molecule has 7 rings (SSSR count). The van der Waals surface area contributed by atoms with E-state index in [1.807, 2.05) is 0 Å². The van der Waals surface area contributed by atoms with Gasteiger partial charge in [-0.3, -0.25) is 41.8 Å². The number of H-pyrrole nitrogens is 1. The molecular weight excluding hydrogens is 773 g/mol. The van der Waals surface area contributed by atoms with Crippen molar-refractivity contribution in [2.45, 2.75) is 69.9 Å². The number of esters is 1. The highest BCUT2D eigenvalue weighted by atomic mass is 32.7. The molecule has 10 atom stereocenters. The number of phosphoric ester groups is 1. The molecule has 3 fully saturated rings. The molecule has 53 heavy (non-hydrogen) atoms. The van der Waals surface area contributed by atoms with Crippen LogP contribution in [-0.2, 0) is 46.2 Å². The molecule has 0 aromatic carbocycles. The van der Waals surface area contributed by atoms with Crippen molar-refractivity contribution in [1.29, 1.82) is 0 Å². The maximum Gasteiger partial charge on any atom is 0.472 e. The highest BCUT2D eigenvalue weighted by Crippen LogP contribution is 2.64. The van der Waals surface area contributed by atoms with E-state index in [9.17, 15) is 28.7 Å². The Hall–Kier alpha value is -3.61. The number of alkyl halides is 1. The average molecular weight is 807 g/mol. The number of aliphatic hydroxyl groups excluding tert-OH is 1. The number of nitrogen functional groups attached to an aromatic ring is 2. The number of hydrogen-bond donors (Lipinski definition) is 5. The predicted octanol–water partition coefficient (Wildman–Crippen LogP) is 0.923. The molecule has 0 aliphatic carbocycles. The molecule has 27 heteroatoms. The Morgan fingerprint density at radius 1 is 1.02 bits per heavy atom. The van der Waals surface area contributed by atoms with Crippen LogP contribution < -0.4 is 17.0 Å². The Labute approximate surface area is 300 Å². The minimum absolute atomic E-state index is 0.00749. The Kier molecular flexibility index (Phi) is 9.89. The SMILES string of the molecule is CC(C)(C)C(=O)OCSP1(=O)OC[C@H]2O[C@@H](n3cnc4c(N)ncnc43)C(F)C2OP(=O)(O)OC[C@H]2O[C@@H](n3cnc4c(=O)[nH]c(N)nc43)C(O1)C2O. The van der Waals surface area contributed by atoms with Crippen molar-refractivity contribution in [3.63, 3.8) is 0 Å². The van der Waals surface area contributed by atoms with Gasteiger partial charge in [-0.15, -0.1) is 0 Å². The van der Waals surface area contributed by atoms with Gasteiger partial charge in [-0.1, -0.05) is 0 Å². The van der Waals surface area contributed by atoms with Gasteiger partial charge in [0.2, 0.25) is 5.95 Å².